The molecule has 0 saturated heterocycles. The molecule has 0 fully saturated rings. The summed E-state index contributed by atoms with van der Waals surface area (Å²) < 4.78 is 48.4. The predicted molar refractivity (Wildman–Crippen MR) is 95.1 cm³/mol. The predicted octanol–water partition coefficient (Wildman–Crippen LogP) is 5.88. The summed E-state index contributed by atoms with van der Waals surface area (Å²) in [6.45, 7) is 7.64. The Balaban J connectivity index is 1.93. The topological polar surface area (TPSA) is 61.0 Å². The smallest absolute Gasteiger partial charge is 0.444 e. The Hall–Kier alpha value is -2.42. The molecule has 9 heteroatoms. The molecule has 2 heterocycles. The second kappa shape index (κ2) is 7.30. The van der Waals surface area contributed by atoms with Gasteiger partial charge in [0.05, 0.1) is 10.7 Å². The van der Waals surface area contributed by atoms with Gasteiger partial charge in [-0.1, -0.05) is 29.8 Å². The molecule has 0 bridgehead atoms. The lowest BCUT2D eigenvalue weighted by Crippen LogP contribution is -2.04. The Morgan fingerprint density at radius 3 is 2.33 bits per heavy atom. The third-order valence-corrected chi connectivity index (χ3v) is 4.73. The zero-order valence-corrected chi connectivity index (χ0v) is 16.1. The van der Waals surface area contributed by atoms with Gasteiger partial charge in [-0.05, 0) is 50.5 Å². The molecule has 0 spiro atoms. The summed E-state index contributed by atoms with van der Waals surface area (Å²) in [5.41, 5.74) is 2.87. The number of aromatic nitrogens is 3. The van der Waals surface area contributed by atoms with Crippen LogP contribution in [0.2, 0.25) is 0 Å². The third-order valence-electron chi connectivity index (χ3n) is 3.84. The third kappa shape index (κ3) is 4.13. The Kier molecular flexibility index (Phi) is 5.23. The molecule has 144 valence electrons. The standard InChI is InChI=1S/C18H18F3N3O2S/c1-5-6-13-16(27-11(4)22-13)25-14-9(2)7-12(8-10(14)3)15-23-17(26-24-15)18(19,20)21/h7-8H,5-6H2,1-4H3. The first-order chi connectivity index (χ1) is 12.7. The first-order valence-corrected chi connectivity index (χ1v) is 9.17. The van der Waals surface area contributed by atoms with Crippen LogP contribution >= 0.6 is 11.3 Å². The fourth-order valence-corrected chi connectivity index (χ4v) is 3.53. The summed E-state index contributed by atoms with van der Waals surface area (Å²) in [4.78, 5) is 7.94. The van der Waals surface area contributed by atoms with E-state index in [-0.39, 0.29) is 5.82 Å². The van der Waals surface area contributed by atoms with Crippen molar-refractivity contribution in [3.05, 3.63) is 39.9 Å². The van der Waals surface area contributed by atoms with Gasteiger partial charge in [0.1, 0.15) is 5.75 Å². The van der Waals surface area contributed by atoms with Crippen LogP contribution in [-0.4, -0.2) is 15.1 Å². The van der Waals surface area contributed by atoms with Gasteiger partial charge in [-0.2, -0.15) is 18.2 Å². The van der Waals surface area contributed by atoms with Crippen LogP contribution in [0.15, 0.2) is 16.7 Å². The normalized spacial score (nSPS) is 11.8. The molecule has 0 N–H and O–H groups in total. The van der Waals surface area contributed by atoms with E-state index >= 15 is 0 Å². The number of aryl methyl sites for hydroxylation is 4. The number of alkyl halides is 3. The van der Waals surface area contributed by atoms with E-state index < -0.39 is 12.1 Å². The molecule has 0 atom stereocenters. The SMILES string of the molecule is CCCc1nc(C)sc1Oc1c(C)cc(-c2noc(C(F)(F)F)n2)cc1C. The number of rotatable bonds is 5. The number of hydrogen-bond donors (Lipinski definition) is 0. The van der Waals surface area contributed by atoms with Gasteiger partial charge in [0.25, 0.3) is 0 Å². The van der Waals surface area contributed by atoms with Crippen molar-refractivity contribution < 1.29 is 22.4 Å². The Bertz CT molecular complexity index is 940. The van der Waals surface area contributed by atoms with Crippen LogP contribution in [0.3, 0.4) is 0 Å². The number of ether oxygens (including phenoxy) is 1. The van der Waals surface area contributed by atoms with Gasteiger partial charge in [-0.3, -0.25) is 0 Å². The summed E-state index contributed by atoms with van der Waals surface area (Å²) in [5.74, 6) is -0.822. The van der Waals surface area contributed by atoms with Gasteiger partial charge >= 0.3 is 12.1 Å². The van der Waals surface area contributed by atoms with Gasteiger partial charge < -0.3 is 9.26 Å². The van der Waals surface area contributed by atoms with E-state index in [1.54, 1.807) is 12.1 Å². The van der Waals surface area contributed by atoms with E-state index in [1.165, 1.54) is 11.3 Å². The van der Waals surface area contributed by atoms with Crippen LogP contribution in [0.5, 0.6) is 10.8 Å². The lowest BCUT2D eigenvalue weighted by Gasteiger charge is -2.12. The van der Waals surface area contributed by atoms with Gasteiger partial charge in [-0.25, -0.2) is 4.98 Å². The molecule has 0 saturated carbocycles. The summed E-state index contributed by atoms with van der Waals surface area (Å²) in [6.07, 6.45) is -2.90. The average molecular weight is 397 g/mol. The van der Waals surface area contributed by atoms with Crippen LogP contribution < -0.4 is 4.74 Å². The van der Waals surface area contributed by atoms with Crippen molar-refractivity contribution in [2.24, 2.45) is 0 Å². The number of thiazole rings is 1. The molecule has 0 unspecified atom stereocenters. The number of halogens is 3. The molecule has 0 aliphatic carbocycles. The minimum absolute atomic E-state index is 0.111. The molecule has 0 radical (unpaired) electrons. The lowest BCUT2D eigenvalue weighted by atomic mass is 10.1. The van der Waals surface area contributed by atoms with E-state index in [9.17, 15) is 13.2 Å². The van der Waals surface area contributed by atoms with Gasteiger partial charge in [0, 0.05) is 5.56 Å². The first-order valence-electron chi connectivity index (χ1n) is 8.35. The Morgan fingerprint density at radius 2 is 1.78 bits per heavy atom. The van der Waals surface area contributed by atoms with Crippen molar-refractivity contribution in [2.75, 3.05) is 0 Å². The van der Waals surface area contributed by atoms with Crippen LogP contribution in [-0.2, 0) is 12.6 Å². The second-order valence-corrected chi connectivity index (χ2v) is 7.34. The van der Waals surface area contributed by atoms with E-state index in [0.29, 0.717) is 11.3 Å². The van der Waals surface area contributed by atoms with Gasteiger partial charge in [0.2, 0.25) is 10.9 Å². The lowest BCUT2D eigenvalue weighted by molar-refractivity contribution is -0.159. The van der Waals surface area contributed by atoms with Crippen LogP contribution in [0.1, 0.15) is 41.1 Å². The van der Waals surface area contributed by atoms with Crippen molar-refractivity contribution in [3.63, 3.8) is 0 Å². The molecule has 0 amide bonds. The highest BCUT2D eigenvalue weighted by Gasteiger charge is 2.38. The molecule has 5 nitrogen and oxygen atoms in total. The fraction of sp³-hybridized carbons (Fsp3) is 0.389. The average Bonchev–Trinajstić information content (AvgIpc) is 3.18. The fourth-order valence-electron chi connectivity index (χ4n) is 2.72. The maximum Gasteiger partial charge on any atom is 0.471 e. The second-order valence-electron chi connectivity index (χ2n) is 6.18. The van der Waals surface area contributed by atoms with Gasteiger partial charge in [0.15, 0.2) is 0 Å². The highest BCUT2D eigenvalue weighted by molar-refractivity contribution is 7.13. The molecule has 3 rings (SSSR count). The van der Waals surface area contributed by atoms with E-state index in [2.05, 4.69) is 26.6 Å². The van der Waals surface area contributed by atoms with Crippen molar-refractivity contribution in [1.82, 2.24) is 15.1 Å². The monoisotopic (exact) mass is 397 g/mol. The van der Waals surface area contributed by atoms with Gasteiger partial charge in [-0.15, -0.1) is 0 Å². The van der Waals surface area contributed by atoms with Crippen molar-refractivity contribution in [2.45, 2.75) is 46.7 Å². The Labute approximate surface area is 158 Å². The molecule has 27 heavy (non-hydrogen) atoms. The maximum absolute atomic E-state index is 12.7. The molecule has 2 aromatic heterocycles. The Morgan fingerprint density at radius 1 is 1.11 bits per heavy atom. The quantitative estimate of drug-likeness (QED) is 0.538. The largest absolute Gasteiger partial charge is 0.471 e. The molecular weight excluding hydrogens is 379 g/mol. The van der Waals surface area contributed by atoms with E-state index in [1.807, 2.05) is 20.8 Å². The summed E-state index contributed by atoms with van der Waals surface area (Å²) in [5, 5.41) is 5.10. The van der Waals surface area contributed by atoms with Crippen molar-refractivity contribution >= 4 is 11.3 Å². The van der Waals surface area contributed by atoms with E-state index in [0.717, 1.165) is 39.7 Å². The molecule has 1 aromatic carbocycles. The first kappa shape index (κ1) is 19.3. The summed E-state index contributed by atoms with van der Waals surface area (Å²) >= 11 is 1.48. The summed E-state index contributed by atoms with van der Waals surface area (Å²) in [6, 6.07) is 3.36. The number of nitrogens with zero attached hydrogens (tertiary/aromatic N) is 3. The van der Waals surface area contributed by atoms with Crippen LogP contribution in [0, 0.1) is 20.8 Å². The van der Waals surface area contributed by atoms with Crippen molar-refractivity contribution in [3.8, 4) is 22.2 Å². The number of benzene rings is 1. The van der Waals surface area contributed by atoms with Crippen LogP contribution in [0.25, 0.3) is 11.4 Å². The zero-order chi connectivity index (χ0) is 19.8. The van der Waals surface area contributed by atoms with Crippen molar-refractivity contribution in [1.29, 1.82) is 0 Å². The molecular formula is C18H18F3N3O2S. The molecule has 0 aliphatic heterocycles. The molecule has 0 aliphatic rings. The maximum atomic E-state index is 12.7. The van der Waals surface area contributed by atoms with Crippen LogP contribution in [0.4, 0.5) is 13.2 Å². The van der Waals surface area contributed by atoms with E-state index in [4.69, 9.17) is 4.74 Å². The number of hydrogen-bond acceptors (Lipinski definition) is 6. The highest BCUT2D eigenvalue weighted by Crippen LogP contribution is 2.38. The summed E-state index contributed by atoms with van der Waals surface area (Å²) in [7, 11) is 0. The highest BCUT2D eigenvalue weighted by atomic mass is 32.1. The molecule has 3 aromatic rings. The zero-order valence-electron chi connectivity index (χ0n) is 15.3. The minimum Gasteiger partial charge on any atom is -0.444 e. The minimum atomic E-state index is -4.67.